The molecule has 102 valence electrons. The van der Waals surface area contributed by atoms with E-state index in [1.807, 2.05) is 24.7 Å². The van der Waals surface area contributed by atoms with Crippen LogP contribution in [0, 0.1) is 0 Å². The normalized spacial score (nSPS) is 10.6. The van der Waals surface area contributed by atoms with Gasteiger partial charge in [-0.05, 0) is 30.7 Å². The van der Waals surface area contributed by atoms with E-state index in [9.17, 15) is 0 Å². The van der Waals surface area contributed by atoms with Crippen molar-refractivity contribution in [3.05, 3.63) is 48.0 Å². The van der Waals surface area contributed by atoms with Gasteiger partial charge < -0.3 is 14.6 Å². The highest BCUT2D eigenvalue weighted by molar-refractivity contribution is 5.27. The summed E-state index contributed by atoms with van der Waals surface area (Å²) in [4.78, 5) is 4.23. The second kappa shape index (κ2) is 6.95. The SMILES string of the molecule is CCCNCc1cncn1Cc1ccc(OC)cc1. The average molecular weight is 259 g/mol. The van der Waals surface area contributed by atoms with Gasteiger partial charge >= 0.3 is 0 Å². The number of imidazole rings is 1. The molecule has 4 nitrogen and oxygen atoms in total. The van der Waals surface area contributed by atoms with Crippen molar-refractivity contribution < 1.29 is 4.74 Å². The van der Waals surface area contributed by atoms with Crippen LogP contribution in [-0.2, 0) is 13.1 Å². The van der Waals surface area contributed by atoms with Crippen molar-refractivity contribution in [1.29, 1.82) is 0 Å². The predicted octanol–water partition coefficient (Wildman–Crippen LogP) is 2.44. The van der Waals surface area contributed by atoms with Crippen molar-refractivity contribution in [2.24, 2.45) is 0 Å². The largest absolute Gasteiger partial charge is 0.497 e. The number of ether oxygens (including phenoxy) is 1. The van der Waals surface area contributed by atoms with E-state index in [2.05, 4.69) is 33.9 Å². The minimum atomic E-state index is 0.840. The fraction of sp³-hybridized carbons (Fsp3) is 0.400. The van der Waals surface area contributed by atoms with Gasteiger partial charge in [0.2, 0.25) is 0 Å². The van der Waals surface area contributed by atoms with Gasteiger partial charge in [-0.1, -0.05) is 19.1 Å². The zero-order valence-electron chi connectivity index (χ0n) is 11.6. The molecule has 0 amide bonds. The Morgan fingerprint density at radius 2 is 2.05 bits per heavy atom. The summed E-state index contributed by atoms with van der Waals surface area (Å²) in [6.07, 6.45) is 4.95. The molecule has 1 aromatic heterocycles. The number of rotatable bonds is 7. The van der Waals surface area contributed by atoms with Crippen molar-refractivity contribution in [3.8, 4) is 5.75 Å². The number of hydrogen-bond acceptors (Lipinski definition) is 3. The van der Waals surface area contributed by atoms with Crippen molar-refractivity contribution in [2.45, 2.75) is 26.4 Å². The first kappa shape index (κ1) is 13.6. The van der Waals surface area contributed by atoms with E-state index in [-0.39, 0.29) is 0 Å². The third-order valence-corrected chi connectivity index (χ3v) is 3.04. The van der Waals surface area contributed by atoms with Crippen LogP contribution in [0.3, 0.4) is 0 Å². The zero-order chi connectivity index (χ0) is 13.5. The lowest BCUT2D eigenvalue weighted by Crippen LogP contribution is -2.16. The molecule has 0 atom stereocenters. The van der Waals surface area contributed by atoms with Crippen LogP contribution in [0.2, 0.25) is 0 Å². The van der Waals surface area contributed by atoms with Gasteiger partial charge in [0.05, 0.1) is 19.1 Å². The van der Waals surface area contributed by atoms with Crippen LogP contribution < -0.4 is 10.1 Å². The Kier molecular flexibility index (Phi) is 4.98. The Bertz CT molecular complexity index is 490. The molecule has 0 unspecified atom stereocenters. The summed E-state index contributed by atoms with van der Waals surface area (Å²) in [5, 5.41) is 3.40. The number of nitrogens with zero attached hydrogens (tertiary/aromatic N) is 2. The van der Waals surface area contributed by atoms with E-state index in [0.717, 1.165) is 31.8 Å². The minimum Gasteiger partial charge on any atom is -0.497 e. The Morgan fingerprint density at radius 1 is 1.26 bits per heavy atom. The van der Waals surface area contributed by atoms with Gasteiger partial charge in [-0.25, -0.2) is 4.98 Å². The van der Waals surface area contributed by atoms with Crippen LogP contribution in [-0.4, -0.2) is 23.2 Å². The molecule has 1 N–H and O–H groups in total. The summed E-state index contributed by atoms with van der Waals surface area (Å²) < 4.78 is 7.34. The Hall–Kier alpha value is -1.81. The van der Waals surface area contributed by atoms with Gasteiger partial charge in [0, 0.05) is 19.3 Å². The maximum atomic E-state index is 5.16. The van der Waals surface area contributed by atoms with Crippen LogP contribution in [0.4, 0.5) is 0 Å². The zero-order valence-corrected chi connectivity index (χ0v) is 11.6. The Balaban J connectivity index is 1.99. The van der Waals surface area contributed by atoms with E-state index in [4.69, 9.17) is 4.74 Å². The number of methoxy groups -OCH3 is 1. The predicted molar refractivity (Wildman–Crippen MR) is 76.3 cm³/mol. The summed E-state index contributed by atoms with van der Waals surface area (Å²) in [5.74, 6) is 0.888. The maximum absolute atomic E-state index is 5.16. The number of aromatic nitrogens is 2. The molecule has 0 bridgehead atoms. The van der Waals surface area contributed by atoms with Gasteiger partial charge in [-0.3, -0.25) is 0 Å². The molecule has 0 radical (unpaired) electrons. The fourth-order valence-electron chi connectivity index (χ4n) is 1.96. The van der Waals surface area contributed by atoms with Gasteiger partial charge in [0.15, 0.2) is 0 Å². The highest BCUT2D eigenvalue weighted by atomic mass is 16.5. The second-order valence-electron chi connectivity index (χ2n) is 4.54. The molecule has 0 aliphatic carbocycles. The smallest absolute Gasteiger partial charge is 0.118 e. The Morgan fingerprint density at radius 3 is 2.74 bits per heavy atom. The summed E-state index contributed by atoms with van der Waals surface area (Å²) in [6.45, 7) is 4.91. The molecule has 2 aromatic rings. The number of benzene rings is 1. The average Bonchev–Trinajstić information content (AvgIpc) is 2.87. The molecular weight excluding hydrogens is 238 g/mol. The molecule has 1 aromatic carbocycles. The van der Waals surface area contributed by atoms with E-state index in [0.29, 0.717) is 0 Å². The summed E-state index contributed by atoms with van der Waals surface area (Å²) in [7, 11) is 1.68. The first-order chi connectivity index (χ1) is 9.33. The molecule has 0 aliphatic rings. The van der Waals surface area contributed by atoms with Gasteiger partial charge in [0.1, 0.15) is 5.75 Å². The molecule has 4 heteroatoms. The molecule has 2 rings (SSSR count). The van der Waals surface area contributed by atoms with E-state index in [1.165, 1.54) is 11.3 Å². The highest BCUT2D eigenvalue weighted by Gasteiger charge is 2.02. The van der Waals surface area contributed by atoms with Crippen LogP contribution in [0.15, 0.2) is 36.8 Å². The molecule has 0 aliphatic heterocycles. The molecule has 0 fully saturated rings. The first-order valence-electron chi connectivity index (χ1n) is 6.66. The quantitative estimate of drug-likeness (QED) is 0.776. The van der Waals surface area contributed by atoms with E-state index >= 15 is 0 Å². The van der Waals surface area contributed by atoms with Crippen LogP contribution in [0.5, 0.6) is 5.75 Å². The van der Waals surface area contributed by atoms with E-state index in [1.54, 1.807) is 7.11 Å². The van der Waals surface area contributed by atoms with Crippen LogP contribution in [0.1, 0.15) is 24.6 Å². The maximum Gasteiger partial charge on any atom is 0.118 e. The van der Waals surface area contributed by atoms with Gasteiger partial charge in [-0.2, -0.15) is 0 Å². The van der Waals surface area contributed by atoms with Crippen LogP contribution in [0.25, 0.3) is 0 Å². The summed E-state index contributed by atoms with van der Waals surface area (Å²) in [6, 6.07) is 8.15. The first-order valence-corrected chi connectivity index (χ1v) is 6.66. The lowest BCUT2D eigenvalue weighted by Gasteiger charge is -2.09. The second-order valence-corrected chi connectivity index (χ2v) is 4.54. The standard InChI is InChI=1S/C15H21N3O/c1-3-8-16-9-14-10-17-12-18(14)11-13-4-6-15(19-2)7-5-13/h4-7,10,12,16H,3,8-9,11H2,1-2H3. The molecule has 1 heterocycles. The van der Waals surface area contributed by atoms with Crippen molar-refractivity contribution >= 4 is 0 Å². The lowest BCUT2D eigenvalue weighted by atomic mass is 10.2. The molecular formula is C15H21N3O. The van der Waals surface area contributed by atoms with Gasteiger partial charge in [-0.15, -0.1) is 0 Å². The third kappa shape index (κ3) is 3.83. The molecule has 0 saturated heterocycles. The molecule has 0 spiro atoms. The summed E-state index contributed by atoms with van der Waals surface area (Å²) in [5.41, 5.74) is 2.46. The van der Waals surface area contributed by atoms with Crippen molar-refractivity contribution in [2.75, 3.05) is 13.7 Å². The number of nitrogens with one attached hydrogen (secondary N) is 1. The van der Waals surface area contributed by atoms with Crippen molar-refractivity contribution in [1.82, 2.24) is 14.9 Å². The summed E-state index contributed by atoms with van der Waals surface area (Å²) >= 11 is 0. The minimum absolute atomic E-state index is 0.840. The number of hydrogen-bond donors (Lipinski definition) is 1. The third-order valence-electron chi connectivity index (χ3n) is 3.04. The molecule has 19 heavy (non-hydrogen) atoms. The highest BCUT2D eigenvalue weighted by Crippen LogP contribution is 2.13. The van der Waals surface area contributed by atoms with E-state index < -0.39 is 0 Å². The topological polar surface area (TPSA) is 39.1 Å². The lowest BCUT2D eigenvalue weighted by molar-refractivity contribution is 0.414. The monoisotopic (exact) mass is 259 g/mol. The van der Waals surface area contributed by atoms with Crippen LogP contribution >= 0.6 is 0 Å². The van der Waals surface area contributed by atoms with Gasteiger partial charge in [0.25, 0.3) is 0 Å². The fourth-order valence-corrected chi connectivity index (χ4v) is 1.96. The van der Waals surface area contributed by atoms with Crippen molar-refractivity contribution in [3.63, 3.8) is 0 Å². The Labute approximate surface area is 114 Å². The molecule has 0 saturated carbocycles.